The van der Waals surface area contributed by atoms with Crippen LogP contribution in [-0.4, -0.2) is 22.5 Å². The molecule has 2 heterocycles. The largest absolute Gasteiger partial charge is 0.438 e. The van der Waals surface area contributed by atoms with Crippen LogP contribution in [0.1, 0.15) is 37.3 Å². The van der Waals surface area contributed by atoms with Crippen LogP contribution in [0.3, 0.4) is 0 Å². The Morgan fingerprint density at radius 3 is 2.81 bits per heavy atom. The van der Waals surface area contributed by atoms with E-state index >= 15 is 0 Å². The molecule has 6 heteroatoms. The van der Waals surface area contributed by atoms with Crippen molar-refractivity contribution in [3.8, 4) is 11.1 Å². The number of hydrogen-bond acceptors (Lipinski definition) is 3. The molecule has 1 fully saturated rings. The fourth-order valence-corrected chi connectivity index (χ4v) is 4.34. The van der Waals surface area contributed by atoms with Gasteiger partial charge in [-0.25, -0.2) is 14.2 Å². The van der Waals surface area contributed by atoms with E-state index in [1.807, 2.05) is 48.5 Å². The summed E-state index contributed by atoms with van der Waals surface area (Å²) in [6.45, 7) is 2.72. The molecule has 0 bridgehead atoms. The monoisotopic (exact) mass is 429 g/mol. The van der Waals surface area contributed by atoms with Gasteiger partial charge >= 0.3 is 6.03 Å². The van der Waals surface area contributed by atoms with Gasteiger partial charge in [-0.3, -0.25) is 0 Å². The first-order valence-corrected chi connectivity index (χ1v) is 10.9. The lowest BCUT2D eigenvalue weighted by Crippen LogP contribution is -2.34. The molecular formula is C26H24FN3O2. The molecular weight excluding hydrogens is 405 g/mol. The molecule has 0 spiro atoms. The molecule has 1 aliphatic rings. The maximum atomic E-state index is 13.6. The van der Waals surface area contributed by atoms with Gasteiger partial charge in [0.15, 0.2) is 5.58 Å². The van der Waals surface area contributed by atoms with E-state index in [0.717, 1.165) is 41.6 Å². The lowest BCUT2D eigenvalue weighted by atomic mass is 10.1. The number of hydrogen-bond donors (Lipinski definition) is 1. The minimum Gasteiger partial charge on any atom is -0.438 e. The predicted octanol–water partition coefficient (Wildman–Crippen LogP) is 6.57. The summed E-state index contributed by atoms with van der Waals surface area (Å²) in [5.74, 6) is 0.258. The highest BCUT2D eigenvalue weighted by Crippen LogP contribution is 2.35. The number of aryl methyl sites for hydroxylation is 1. The van der Waals surface area contributed by atoms with Gasteiger partial charge in [0.05, 0.1) is 0 Å². The molecule has 0 radical (unpaired) electrons. The minimum absolute atomic E-state index is 0.142. The predicted molar refractivity (Wildman–Crippen MR) is 123 cm³/mol. The highest BCUT2D eigenvalue weighted by molar-refractivity contribution is 5.90. The maximum Gasteiger partial charge on any atom is 0.322 e. The van der Waals surface area contributed by atoms with Crippen molar-refractivity contribution in [2.75, 3.05) is 11.9 Å². The van der Waals surface area contributed by atoms with Crippen LogP contribution in [0.5, 0.6) is 0 Å². The average Bonchev–Trinajstić information content (AvgIpc) is 3.46. The average molecular weight is 429 g/mol. The molecule has 0 aliphatic carbocycles. The van der Waals surface area contributed by atoms with Crippen LogP contribution in [-0.2, 0) is 6.42 Å². The molecule has 2 amide bonds. The molecule has 1 unspecified atom stereocenters. The van der Waals surface area contributed by atoms with Crippen molar-refractivity contribution in [1.82, 2.24) is 9.88 Å². The van der Waals surface area contributed by atoms with Crippen molar-refractivity contribution in [2.45, 2.75) is 32.2 Å². The van der Waals surface area contributed by atoms with E-state index in [4.69, 9.17) is 9.40 Å². The Balaban J connectivity index is 1.40. The second kappa shape index (κ2) is 8.46. The molecule has 3 aromatic carbocycles. The second-order valence-corrected chi connectivity index (χ2v) is 8.04. The Kier molecular flexibility index (Phi) is 5.35. The Hall–Kier alpha value is -3.67. The van der Waals surface area contributed by atoms with Crippen LogP contribution in [0.15, 0.2) is 71.1 Å². The van der Waals surface area contributed by atoms with Gasteiger partial charge in [0, 0.05) is 12.2 Å². The van der Waals surface area contributed by atoms with Gasteiger partial charge < -0.3 is 14.6 Å². The third-order valence-corrected chi connectivity index (χ3v) is 6.00. The molecule has 4 aromatic rings. The highest BCUT2D eigenvalue weighted by Gasteiger charge is 2.34. The number of carbonyl (C=O) groups is 1. The number of anilines is 1. The second-order valence-electron chi connectivity index (χ2n) is 8.04. The standard InChI is InChI=1S/C26H24FN3O2/c1-2-17-7-3-4-10-21(17)29-26(31)30-14-6-11-23(30)25-28-22-16-19(12-13-24(22)32-25)18-8-5-9-20(27)15-18/h3-5,7-10,12-13,15-16,23H,2,6,11,14H2,1H3,(H,29,31). The van der Waals surface area contributed by atoms with Crippen LogP contribution in [0, 0.1) is 5.82 Å². The number of oxazole rings is 1. The zero-order valence-electron chi connectivity index (χ0n) is 17.8. The van der Waals surface area contributed by atoms with E-state index in [1.54, 1.807) is 11.0 Å². The number of aromatic nitrogens is 1. The number of likely N-dealkylation sites (tertiary alicyclic amines) is 1. The van der Waals surface area contributed by atoms with Gasteiger partial charge in [0.1, 0.15) is 17.4 Å². The molecule has 1 aromatic heterocycles. The number of benzene rings is 3. The van der Waals surface area contributed by atoms with E-state index < -0.39 is 0 Å². The molecule has 1 atom stereocenters. The number of rotatable bonds is 4. The third-order valence-electron chi connectivity index (χ3n) is 6.00. The van der Waals surface area contributed by atoms with Crippen LogP contribution in [0.25, 0.3) is 22.2 Å². The van der Waals surface area contributed by atoms with Gasteiger partial charge in [-0.05, 0) is 66.3 Å². The summed E-state index contributed by atoms with van der Waals surface area (Å²) in [6.07, 6.45) is 2.53. The lowest BCUT2D eigenvalue weighted by molar-refractivity contribution is 0.199. The molecule has 32 heavy (non-hydrogen) atoms. The normalized spacial score (nSPS) is 15.9. The number of halogens is 1. The zero-order chi connectivity index (χ0) is 22.1. The van der Waals surface area contributed by atoms with E-state index in [0.29, 0.717) is 23.5 Å². The lowest BCUT2D eigenvalue weighted by Gasteiger charge is -2.23. The third kappa shape index (κ3) is 3.84. The van der Waals surface area contributed by atoms with Gasteiger partial charge in [0.2, 0.25) is 5.89 Å². The zero-order valence-corrected chi connectivity index (χ0v) is 17.8. The van der Waals surface area contributed by atoms with Crippen LogP contribution in [0.2, 0.25) is 0 Å². The van der Waals surface area contributed by atoms with Crippen LogP contribution in [0.4, 0.5) is 14.9 Å². The first kappa shape index (κ1) is 20.2. The molecule has 1 aliphatic heterocycles. The number of para-hydroxylation sites is 1. The Bertz CT molecular complexity index is 1280. The van der Waals surface area contributed by atoms with Crippen molar-refractivity contribution in [2.24, 2.45) is 0 Å². The van der Waals surface area contributed by atoms with E-state index in [1.165, 1.54) is 12.1 Å². The number of nitrogens with zero attached hydrogens (tertiary/aromatic N) is 2. The summed E-state index contributed by atoms with van der Waals surface area (Å²) < 4.78 is 19.7. The Labute approximate surface area is 185 Å². The van der Waals surface area contributed by atoms with E-state index in [9.17, 15) is 9.18 Å². The molecule has 0 saturated carbocycles. The minimum atomic E-state index is -0.277. The molecule has 5 nitrogen and oxygen atoms in total. The number of urea groups is 1. The van der Waals surface area contributed by atoms with Crippen molar-refractivity contribution >= 4 is 22.8 Å². The summed E-state index contributed by atoms with van der Waals surface area (Å²) >= 11 is 0. The van der Waals surface area contributed by atoms with Crippen molar-refractivity contribution < 1.29 is 13.6 Å². The summed E-state index contributed by atoms with van der Waals surface area (Å²) in [5.41, 5.74) is 4.95. The quantitative estimate of drug-likeness (QED) is 0.399. The molecule has 162 valence electrons. The first-order valence-electron chi connectivity index (χ1n) is 10.9. The molecule has 5 rings (SSSR count). The SMILES string of the molecule is CCc1ccccc1NC(=O)N1CCCC1c1nc2cc(-c3cccc(F)c3)ccc2o1. The van der Waals surface area contributed by atoms with Crippen molar-refractivity contribution in [3.63, 3.8) is 0 Å². The Morgan fingerprint density at radius 1 is 1.12 bits per heavy atom. The fourth-order valence-electron chi connectivity index (χ4n) is 4.34. The summed E-state index contributed by atoms with van der Waals surface area (Å²) in [7, 11) is 0. The number of fused-ring (bicyclic) bond motifs is 1. The summed E-state index contributed by atoms with van der Waals surface area (Å²) in [5, 5.41) is 3.05. The smallest absolute Gasteiger partial charge is 0.322 e. The van der Waals surface area contributed by atoms with Gasteiger partial charge in [-0.2, -0.15) is 0 Å². The maximum absolute atomic E-state index is 13.6. The van der Waals surface area contributed by atoms with Crippen LogP contribution >= 0.6 is 0 Å². The Morgan fingerprint density at radius 2 is 1.97 bits per heavy atom. The van der Waals surface area contributed by atoms with Crippen molar-refractivity contribution in [3.05, 3.63) is 84.0 Å². The van der Waals surface area contributed by atoms with Gasteiger partial charge in [-0.1, -0.05) is 43.3 Å². The van der Waals surface area contributed by atoms with E-state index in [2.05, 4.69) is 12.2 Å². The van der Waals surface area contributed by atoms with Gasteiger partial charge in [-0.15, -0.1) is 0 Å². The number of amides is 2. The number of nitrogens with one attached hydrogen (secondary N) is 1. The molecule has 1 saturated heterocycles. The number of carbonyl (C=O) groups excluding carboxylic acids is 1. The fraction of sp³-hybridized carbons (Fsp3) is 0.231. The first-order chi connectivity index (χ1) is 15.6. The van der Waals surface area contributed by atoms with Gasteiger partial charge in [0.25, 0.3) is 0 Å². The molecule has 1 N–H and O–H groups in total. The topological polar surface area (TPSA) is 58.4 Å². The summed E-state index contributed by atoms with van der Waals surface area (Å²) in [4.78, 5) is 19.6. The van der Waals surface area contributed by atoms with E-state index in [-0.39, 0.29) is 17.9 Å². The van der Waals surface area contributed by atoms with Crippen LogP contribution < -0.4 is 5.32 Å². The van der Waals surface area contributed by atoms with Crippen molar-refractivity contribution in [1.29, 1.82) is 0 Å². The highest BCUT2D eigenvalue weighted by atomic mass is 19.1. The summed E-state index contributed by atoms with van der Waals surface area (Å²) in [6, 6.07) is 19.6.